The minimum Gasteiger partial charge on any atom is -0.287 e. The number of carbonyl (C=O) groups is 1. The lowest BCUT2D eigenvalue weighted by atomic mass is 10.0. The topological polar surface area (TPSA) is 17.1 Å². The summed E-state index contributed by atoms with van der Waals surface area (Å²) in [4.78, 5) is 11.0. The molecule has 0 fully saturated rings. The van der Waals surface area contributed by atoms with Gasteiger partial charge >= 0.3 is 12.3 Å². The second kappa shape index (κ2) is 4.00. The summed E-state index contributed by atoms with van der Waals surface area (Å²) in [5, 5.41) is 0. The Morgan fingerprint density at radius 1 is 1.33 bits per heavy atom. The van der Waals surface area contributed by atoms with Crippen LogP contribution in [0.25, 0.3) is 0 Å². The largest absolute Gasteiger partial charge is 0.368 e. The SMILES string of the molecule is Cc1cccc(C(=O)C(F)(F)C(F)F)c1. The standard InChI is InChI=1S/C10H8F4O/c1-6-3-2-4-7(5-6)8(15)10(13,14)9(11)12/h2-5,9H,1H3. The molecule has 0 spiro atoms. The molecule has 1 nitrogen and oxygen atoms in total. The number of aryl methyl sites for hydroxylation is 1. The molecular weight excluding hydrogens is 212 g/mol. The van der Waals surface area contributed by atoms with E-state index in [1.807, 2.05) is 0 Å². The van der Waals surface area contributed by atoms with Crippen molar-refractivity contribution < 1.29 is 22.4 Å². The normalized spacial score (nSPS) is 11.9. The zero-order chi connectivity index (χ0) is 11.6. The van der Waals surface area contributed by atoms with Gasteiger partial charge in [0.15, 0.2) is 0 Å². The highest BCUT2D eigenvalue weighted by Gasteiger charge is 2.48. The number of Topliss-reactive ketones (excluding diaryl/α,β-unsaturated/α-hetero) is 1. The van der Waals surface area contributed by atoms with Crippen LogP contribution >= 0.6 is 0 Å². The van der Waals surface area contributed by atoms with Crippen molar-refractivity contribution >= 4 is 5.78 Å². The molecule has 82 valence electrons. The van der Waals surface area contributed by atoms with Crippen molar-refractivity contribution in [2.24, 2.45) is 0 Å². The van der Waals surface area contributed by atoms with E-state index in [2.05, 4.69) is 0 Å². The number of hydrogen-bond donors (Lipinski definition) is 0. The molecule has 5 heteroatoms. The van der Waals surface area contributed by atoms with E-state index in [0.29, 0.717) is 5.56 Å². The maximum absolute atomic E-state index is 12.7. The molecule has 0 saturated heterocycles. The molecule has 15 heavy (non-hydrogen) atoms. The van der Waals surface area contributed by atoms with E-state index >= 15 is 0 Å². The number of ketones is 1. The van der Waals surface area contributed by atoms with Gasteiger partial charge in [-0.3, -0.25) is 4.79 Å². The van der Waals surface area contributed by atoms with E-state index in [1.54, 1.807) is 13.0 Å². The third-order valence-corrected chi connectivity index (χ3v) is 1.86. The first-order valence-corrected chi connectivity index (χ1v) is 4.13. The van der Waals surface area contributed by atoms with Crippen molar-refractivity contribution in [2.45, 2.75) is 19.3 Å². The maximum atomic E-state index is 12.7. The Hall–Kier alpha value is -1.39. The fraction of sp³-hybridized carbons (Fsp3) is 0.300. The molecule has 0 atom stereocenters. The molecule has 0 amide bonds. The van der Waals surface area contributed by atoms with Crippen molar-refractivity contribution in [1.82, 2.24) is 0 Å². The van der Waals surface area contributed by atoms with Gasteiger partial charge in [0.2, 0.25) is 5.78 Å². The first kappa shape index (κ1) is 11.7. The average molecular weight is 220 g/mol. The molecule has 1 aromatic carbocycles. The molecule has 0 aliphatic carbocycles. The Morgan fingerprint density at radius 2 is 1.93 bits per heavy atom. The Morgan fingerprint density at radius 3 is 2.40 bits per heavy atom. The number of carbonyl (C=O) groups excluding carboxylic acids is 1. The van der Waals surface area contributed by atoms with Crippen molar-refractivity contribution in [3.8, 4) is 0 Å². The van der Waals surface area contributed by atoms with Gasteiger partial charge < -0.3 is 0 Å². The molecule has 0 radical (unpaired) electrons. The fourth-order valence-electron chi connectivity index (χ4n) is 1.08. The summed E-state index contributed by atoms with van der Waals surface area (Å²) in [5.41, 5.74) is 0.159. The van der Waals surface area contributed by atoms with Crippen LogP contribution in [-0.4, -0.2) is 18.1 Å². The van der Waals surface area contributed by atoms with Crippen LogP contribution in [0.3, 0.4) is 0 Å². The van der Waals surface area contributed by atoms with Crippen molar-refractivity contribution in [3.63, 3.8) is 0 Å². The van der Waals surface area contributed by atoms with Gasteiger partial charge in [-0.25, -0.2) is 8.78 Å². The Balaban J connectivity index is 3.05. The van der Waals surface area contributed by atoms with Gasteiger partial charge in [-0.05, 0) is 13.0 Å². The lowest BCUT2D eigenvalue weighted by molar-refractivity contribution is -0.0958. The molecule has 0 saturated carbocycles. The van der Waals surface area contributed by atoms with Gasteiger partial charge in [-0.1, -0.05) is 23.8 Å². The molecule has 0 unspecified atom stereocenters. The summed E-state index contributed by atoms with van der Waals surface area (Å²) in [6, 6.07) is 5.19. The van der Waals surface area contributed by atoms with E-state index in [-0.39, 0.29) is 0 Å². The minimum atomic E-state index is -4.62. The molecular formula is C10H8F4O. The summed E-state index contributed by atoms with van der Waals surface area (Å²) in [7, 11) is 0. The van der Waals surface area contributed by atoms with E-state index in [9.17, 15) is 22.4 Å². The zero-order valence-electron chi connectivity index (χ0n) is 7.81. The summed E-state index contributed by atoms with van der Waals surface area (Å²) in [6.07, 6.45) is -3.98. The summed E-state index contributed by atoms with van der Waals surface area (Å²) >= 11 is 0. The molecule has 0 aliphatic heterocycles. The Labute approximate surface area is 83.7 Å². The van der Waals surface area contributed by atoms with Gasteiger partial charge in [0.25, 0.3) is 0 Å². The van der Waals surface area contributed by atoms with Crippen LogP contribution in [0.15, 0.2) is 24.3 Å². The Bertz CT molecular complexity index is 373. The molecule has 0 aromatic heterocycles. The third-order valence-electron chi connectivity index (χ3n) is 1.86. The number of rotatable bonds is 3. The highest BCUT2D eigenvalue weighted by molar-refractivity contribution is 6.01. The van der Waals surface area contributed by atoms with E-state index in [1.165, 1.54) is 6.07 Å². The van der Waals surface area contributed by atoms with E-state index < -0.39 is 23.7 Å². The van der Waals surface area contributed by atoms with Gasteiger partial charge in [0.1, 0.15) is 0 Å². The van der Waals surface area contributed by atoms with Crippen LogP contribution in [0.4, 0.5) is 17.6 Å². The lowest BCUT2D eigenvalue weighted by Crippen LogP contribution is -2.36. The molecule has 0 heterocycles. The number of benzene rings is 1. The van der Waals surface area contributed by atoms with Crippen LogP contribution in [0.2, 0.25) is 0 Å². The molecule has 1 rings (SSSR count). The fourth-order valence-corrected chi connectivity index (χ4v) is 1.08. The van der Waals surface area contributed by atoms with Gasteiger partial charge in [0, 0.05) is 5.56 Å². The van der Waals surface area contributed by atoms with Crippen molar-refractivity contribution in [3.05, 3.63) is 35.4 Å². The van der Waals surface area contributed by atoms with E-state index in [0.717, 1.165) is 12.1 Å². The van der Waals surface area contributed by atoms with Gasteiger partial charge in [-0.2, -0.15) is 8.78 Å². The number of hydrogen-bond acceptors (Lipinski definition) is 1. The predicted octanol–water partition coefficient (Wildman–Crippen LogP) is 3.08. The van der Waals surface area contributed by atoms with Crippen LogP contribution < -0.4 is 0 Å². The molecule has 0 N–H and O–H groups in total. The number of alkyl halides is 4. The first-order valence-electron chi connectivity index (χ1n) is 4.13. The van der Waals surface area contributed by atoms with Crippen molar-refractivity contribution in [1.29, 1.82) is 0 Å². The highest BCUT2D eigenvalue weighted by atomic mass is 19.3. The monoisotopic (exact) mass is 220 g/mol. The van der Waals surface area contributed by atoms with Crippen molar-refractivity contribution in [2.75, 3.05) is 0 Å². The summed E-state index contributed by atoms with van der Waals surface area (Å²) in [6.45, 7) is 1.58. The van der Waals surface area contributed by atoms with Crippen LogP contribution in [0, 0.1) is 6.92 Å². The van der Waals surface area contributed by atoms with Crippen LogP contribution in [0.5, 0.6) is 0 Å². The van der Waals surface area contributed by atoms with E-state index in [4.69, 9.17) is 0 Å². The lowest BCUT2D eigenvalue weighted by Gasteiger charge is -2.13. The Kier molecular flexibility index (Phi) is 3.12. The molecule has 0 aliphatic rings. The molecule has 1 aromatic rings. The zero-order valence-corrected chi connectivity index (χ0v) is 7.81. The second-order valence-corrected chi connectivity index (χ2v) is 3.12. The predicted molar refractivity (Wildman–Crippen MR) is 46.5 cm³/mol. The first-order chi connectivity index (χ1) is 6.85. The van der Waals surface area contributed by atoms with Gasteiger partial charge in [0.05, 0.1) is 0 Å². The quantitative estimate of drug-likeness (QED) is 0.565. The second-order valence-electron chi connectivity index (χ2n) is 3.12. The molecule has 0 bridgehead atoms. The highest BCUT2D eigenvalue weighted by Crippen LogP contribution is 2.27. The van der Waals surface area contributed by atoms with Gasteiger partial charge in [-0.15, -0.1) is 0 Å². The smallest absolute Gasteiger partial charge is 0.287 e. The van der Waals surface area contributed by atoms with Crippen LogP contribution in [0.1, 0.15) is 15.9 Å². The van der Waals surface area contributed by atoms with Crippen LogP contribution in [-0.2, 0) is 0 Å². The average Bonchev–Trinajstić information content (AvgIpc) is 2.16. The maximum Gasteiger partial charge on any atom is 0.368 e. The minimum absolute atomic E-state index is 0.403. The number of halogens is 4. The summed E-state index contributed by atoms with van der Waals surface area (Å²) in [5.74, 6) is -6.46. The summed E-state index contributed by atoms with van der Waals surface area (Å²) < 4.78 is 49.1. The third kappa shape index (κ3) is 2.34.